The molecule has 14 nitrogen and oxygen atoms in total. The van der Waals surface area contributed by atoms with E-state index in [2.05, 4.69) is 63.8 Å². The number of carbonyl (C=O) groups is 3. The Balaban J connectivity index is 0.951. The van der Waals surface area contributed by atoms with Gasteiger partial charge < -0.3 is 30.0 Å². The van der Waals surface area contributed by atoms with E-state index in [0.29, 0.717) is 25.3 Å². The van der Waals surface area contributed by atoms with E-state index in [1.807, 2.05) is 55.1 Å². The fourth-order valence-corrected chi connectivity index (χ4v) is 10.2. The molecule has 0 spiro atoms. The zero-order valence-corrected chi connectivity index (χ0v) is 35.3. The molecule has 2 fully saturated rings. The highest BCUT2D eigenvalue weighted by atomic mass is 32.1. The van der Waals surface area contributed by atoms with Crippen LogP contribution in [0.4, 0.5) is 9.59 Å². The predicted molar refractivity (Wildman–Crippen MR) is 233 cm³/mol. The van der Waals surface area contributed by atoms with Crippen molar-refractivity contribution in [1.29, 1.82) is 0 Å². The monoisotopic (exact) mass is 841 g/mol. The lowest BCUT2D eigenvalue weighted by Crippen LogP contribution is -2.61. The summed E-state index contributed by atoms with van der Waals surface area (Å²) in [4.78, 5) is 58.2. The molecule has 2 saturated heterocycles. The van der Waals surface area contributed by atoms with Crippen molar-refractivity contribution in [1.82, 2.24) is 35.2 Å². The van der Waals surface area contributed by atoms with Crippen LogP contribution in [0.15, 0.2) is 91.1 Å². The Morgan fingerprint density at radius 2 is 1.64 bits per heavy atom. The average molecular weight is 842 g/mol. The number of H-pyrrole nitrogens is 2. The Bertz CT molecular complexity index is 2780. The van der Waals surface area contributed by atoms with Crippen LogP contribution >= 0.6 is 11.3 Å². The molecule has 0 saturated carbocycles. The summed E-state index contributed by atoms with van der Waals surface area (Å²) in [6.07, 6.45) is 2.82. The number of carbonyl (C=O) groups excluding carboxylic acids is 2. The van der Waals surface area contributed by atoms with Gasteiger partial charge >= 0.3 is 12.2 Å². The zero-order valence-electron chi connectivity index (χ0n) is 34.5. The van der Waals surface area contributed by atoms with E-state index in [9.17, 15) is 24.7 Å². The topological polar surface area (TPSA) is 177 Å². The Labute approximate surface area is 356 Å². The van der Waals surface area contributed by atoms with Crippen molar-refractivity contribution in [3.63, 3.8) is 0 Å². The van der Waals surface area contributed by atoms with Crippen LogP contribution in [0.5, 0.6) is 0 Å². The molecule has 9 rings (SSSR count). The second-order valence-electron chi connectivity index (χ2n) is 16.5. The summed E-state index contributed by atoms with van der Waals surface area (Å²) in [5.41, 5.74) is 5.35. The van der Waals surface area contributed by atoms with Gasteiger partial charge in [-0.15, -0.1) is 16.3 Å². The minimum atomic E-state index is -1.34. The predicted octanol–water partition coefficient (Wildman–Crippen LogP) is 9.73. The van der Waals surface area contributed by atoms with Gasteiger partial charge in [0.05, 0.1) is 42.6 Å². The normalized spacial score (nSPS) is 19.1. The van der Waals surface area contributed by atoms with E-state index in [1.54, 1.807) is 29.5 Å². The lowest BCUT2D eigenvalue weighted by atomic mass is 10.0. The zero-order chi connectivity index (χ0) is 42.6. The fourth-order valence-electron chi connectivity index (χ4n) is 9.15. The van der Waals surface area contributed by atoms with Gasteiger partial charge in [0.15, 0.2) is 6.04 Å². The number of hydroxylamine groups is 2. The lowest BCUT2D eigenvalue weighted by Gasteiger charge is -2.38. The van der Waals surface area contributed by atoms with E-state index < -0.39 is 35.1 Å². The number of ether oxygens (including phenoxy) is 1. The number of amides is 3. The van der Waals surface area contributed by atoms with E-state index in [4.69, 9.17) is 14.7 Å². The van der Waals surface area contributed by atoms with Crippen molar-refractivity contribution in [3.8, 4) is 21.7 Å². The summed E-state index contributed by atoms with van der Waals surface area (Å²) < 4.78 is 4.65. The fraction of sp³-hybridized carbons (Fsp3) is 0.326. The van der Waals surface area contributed by atoms with Crippen LogP contribution in [0, 0.1) is 5.92 Å². The summed E-state index contributed by atoms with van der Waals surface area (Å²) in [5, 5.41) is 29.7. The van der Waals surface area contributed by atoms with Gasteiger partial charge in [0.1, 0.15) is 23.7 Å². The number of likely N-dealkylation sites (tertiary alicyclic amines) is 1. The maximum Gasteiger partial charge on any atom is 0.568 e. The number of nitrogens with zero attached hydrogens (tertiary/aromatic N) is 5. The highest BCUT2D eigenvalue weighted by Crippen LogP contribution is 2.42. The number of thiophene rings is 1. The number of carboxylic acid groups (broad SMARTS) is 1. The Kier molecular flexibility index (Phi) is 10.6. The molecule has 3 aromatic heterocycles. The van der Waals surface area contributed by atoms with Gasteiger partial charge in [-0.1, -0.05) is 74.5 Å². The molecule has 314 valence electrons. The molecule has 0 radical (unpaired) electrons. The van der Waals surface area contributed by atoms with Crippen molar-refractivity contribution in [2.75, 3.05) is 20.2 Å². The van der Waals surface area contributed by atoms with Gasteiger partial charge in [-0.2, -0.15) is 10.0 Å². The van der Waals surface area contributed by atoms with Gasteiger partial charge in [-0.3, -0.25) is 4.79 Å². The number of aromatic nitrogens is 4. The van der Waals surface area contributed by atoms with Crippen molar-refractivity contribution in [2.24, 2.45) is 5.92 Å². The number of methoxy groups -OCH3 is 1. The molecule has 4 aromatic carbocycles. The third kappa shape index (κ3) is 7.20. The number of hydrogen-bond donors (Lipinski definition) is 5. The average Bonchev–Trinajstić information content (AvgIpc) is 4.13. The number of benzene rings is 4. The summed E-state index contributed by atoms with van der Waals surface area (Å²) in [6, 6.07) is 26.2. The van der Waals surface area contributed by atoms with Gasteiger partial charge in [0.25, 0.3) is 0 Å². The van der Waals surface area contributed by atoms with Crippen molar-refractivity contribution >= 4 is 61.3 Å². The molecular formula is C46H49N8O6S+. The summed E-state index contributed by atoms with van der Waals surface area (Å²) in [5.74, 6) is 1.10. The molecule has 5 N–H and O–H groups in total. The van der Waals surface area contributed by atoms with Crippen LogP contribution in [0.2, 0.25) is 0 Å². The molecule has 0 aliphatic carbocycles. The van der Waals surface area contributed by atoms with E-state index in [-0.39, 0.29) is 17.9 Å². The highest BCUT2D eigenvalue weighted by Gasteiger charge is 2.55. The SMILES string of the molecule is COC(=O)NC(C(=O)N1CCCC1c1nc2c(ccc3cc(-c4cc5ccc(-c6cnc(C7CCCN7[N+](O)(C(=O)O)C(C)c7ccccc7)[nH]6)cc5s4)ccc32)[nH]1)C(C)C. The first-order valence-electron chi connectivity index (χ1n) is 20.8. The molecule has 5 unspecified atom stereocenters. The van der Waals surface area contributed by atoms with Crippen molar-refractivity contribution < 1.29 is 34.2 Å². The number of aromatic amines is 2. The minimum absolute atomic E-state index is 0.116. The second-order valence-corrected chi connectivity index (χ2v) is 17.5. The van der Waals surface area contributed by atoms with Crippen LogP contribution < -0.4 is 5.32 Å². The molecule has 2 aliphatic rings. The first-order chi connectivity index (χ1) is 29.4. The molecule has 2 aliphatic heterocycles. The number of quaternary nitrogens is 1. The maximum atomic E-state index is 13.7. The van der Waals surface area contributed by atoms with Gasteiger partial charge in [-0.25, -0.2) is 14.8 Å². The third-order valence-electron chi connectivity index (χ3n) is 12.5. The summed E-state index contributed by atoms with van der Waals surface area (Å²) in [6.45, 7) is 6.54. The Morgan fingerprint density at radius 3 is 2.41 bits per heavy atom. The number of nitrogens with one attached hydrogen (secondary N) is 3. The molecule has 15 heteroatoms. The highest BCUT2D eigenvalue weighted by molar-refractivity contribution is 7.22. The molecule has 5 atom stereocenters. The molecule has 5 heterocycles. The van der Waals surface area contributed by atoms with Crippen LogP contribution in [0.3, 0.4) is 0 Å². The quantitative estimate of drug-likeness (QED) is 0.0510. The number of hydrogen-bond acceptors (Lipinski definition) is 9. The standard InChI is InChI=1S/C46H48N8O6S/c1-26(2)40(51-45(56)60-4)44(55)52-20-8-12-36(52)43-48-34-19-17-29-22-31(16-18-33(29)41(34)50-43)39-24-32-15-14-30(23-38(32)61-39)35-25-47-42(49-35)37-13-9-21-53(37)54(59,46(57)58)27(3)28-10-6-5-7-11-28/h5-7,10-11,14-19,22-27,36-37,40,59H,8-9,12-13,20-21H2,1-4H3,(H3-,47,48,49,50,51,56,57,58)/p+1. The maximum absolute atomic E-state index is 13.7. The lowest BCUT2D eigenvalue weighted by molar-refractivity contribution is -1.15. The van der Waals surface area contributed by atoms with Crippen LogP contribution in [0.25, 0.3) is 53.6 Å². The van der Waals surface area contributed by atoms with Crippen LogP contribution in [-0.4, -0.2) is 89.2 Å². The number of rotatable bonds is 10. The molecule has 7 aromatic rings. The number of alkyl carbamates (subject to hydrolysis) is 1. The van der Waals surface area contributed by atoms with Gasteiger partial charge in [-0.05, 0) is 79.1 Å². The molecule has 61 heavy (non-hydrogen) atoms. The summed E-state index contributed by atoms with van der Waals surface area (Å²) in [7, 11) is 1.29. The number of imidazole rings is 2. The minimum Gasteiger partial charge on any atom is -0.453 e. The molecule has 3 amide bonds. The van der Waals surface area contributed by atoms with Crippen molar-refractivity contribution in [2.45, 2.75) is 70.6 Å². The molecule has 0 bridgehead atoms. The molecular weight excluding hydrogens is 793 g/mol. The van der Waals surface area contributed by atoms with Crippen molar-refractivity contribution in [3.05, 3.63) is 108 Å². The van der Waals surface area contributed by atoms with Crippen LogP contribution in [0.1, 0.15) is 81.8 Å². The smallest absolute Gasteiger partial charge is 0.453 e. The number of fused-ring (bicyclic) bond motifs is 4. The Hall–Kier alpha value is -6.13. The third-order valence-corrected chi connectivity index (χ3v) is 13.6. The van der Waals surface area contributed by atoms with Gasteiger partial charge in [0, 0.05) is 37.4 Å². The van der Waals surface area contributed by atoms with E-state index >= 15 is 0 Å². The first kappa shape index (κ1) is 40.3. The Morgan fingerprint density at radius 1 is 0.885 bits per heavy atom. The summed E-state index contributed by atoms with van der Waals surface area (Å²) >= 11 is 1.71. The van der Waals surface area contributed by atoms with E-state index in [0.717, 1.165) is 84.2 Å². The second kappa shape index (κ2) is 16.0. The first-order valence-corrected chi connectivity index (χ1v) is 21.6. The van der Waals surface area contributed by atoms with Gasteiger partial charge in [0.2, 0.25) is 5.91 Å². The van der Waals surface area contributed by atoms with Crippen LogP contribution in [-0.2, 0) is 9.53 Å². The largest absolute Gasteiger partial charge is 0.568 e. The van der Waals surface area contributed by atoms with E-state index in [1.165, 1.54) is 7.11 Å².